The van der Waals surface area contributed by atoms with Crippen LogP contribution < -0.4 is 8.37 Å². The Kier molecular flexibility index (Phi) is 7.26. The van der Waals surface area contributed by atoms with Gasteiger partial charge in [-0.25, -0.2) is 0 Å². The summed E-state index contributed by atoms with van der Waals surface area (Å²) in [5.41, 5.74) is 3.20. The summed E-state index contributed by atoms with van der Waals surface area (Å²) in [6.07, 6.45) is 9.72. The van der Waals surface area contributed by atoms with Crippen molar-refractivity contribution in [3.05, 3.63) is 70.8 Å². The lowest BCUT2D eigenvalue weighted by atomic mass is 10.00. The molecule has 8 heteroatoms. The third-order valence-electron chi connectivity index (χ3n) is 3.73. The van der Waals surface area contributed by atoms with Crippen LogP contribution in [0.25, 0.3) is 12.2 Å². The van der Waals surface area contributed by atoms with Gasteiger partial charge in [-0.05, 0) is 55.7 Å². The van der Waals surface area contributed by atoms with Crippen LogP contribution in [0, 0.1) is 0 Å². The molecule has 0 aliphatic heterocycles. The fourth-order valence-corrected chi connectivity index (χ4v) is 3.70. The van der Waals surface area contributed by atoms with Crippen LogP contribution in [-0.4, -0.2) is 29.3 Å². The lowest BCUT2D eigenvalue weighted by Gasteiger charge is -2.11. The molecule has 0 spiro atoms. The first-order chi connectivity index (χ1) is 13.5. The topological polar surface area (TPSA) is 86.7 Å². The molecule has 0 aliphatic rings. The standard InChI is InChI=1S/C21H24O6S2/c1-5-7-18-14-16(9-11-20(18)26-28(3,22)23)13-17-10-12-21(27-29(4,24)25)19(15-17)8-6-2/h5-12,14-15H,13H2,1-4H3. The number of hydrogen-bond donors (Lipinski definition) is 0. The maximum Gasteiger partial charge on any atom is 0.306 e. The molecule has 0 aromatic heterocycles. The van der Waals surface area contributed by atoms with E-state index in [9.17, 15) is 16.8 Å². The summed E-state index contributed by atoms with van der Waals surface area (Å²) in [5.74, 6) is 0.529. The van der Waals surface area contributed by atoms with Crippen molar-refractivity contribution >= 4 is 32.4 Å². The molecule has 0 saturated heterocycles. The average molecular weight is 437 g/mol. The lowest BCUT2D eigenvalue weighted by Crippen LogP contribution is -2.07. The van der Waals surface area contributed by atoms with E-state index in [-0.39, 0.29) is 11.5 Å². The van der Waals surface area contributed by atoms with E-state index in [0.717, 1.165) is 23.6 Å². The van der Waals surface area contributed by atoms with Gasteiger partial charge in [0.1, 0.15) is 11.5 Å². The minimum Gasteiger partial charge on any atom is -0.382 e. The highest BCUT2D eigenvalue weighted by Gasteiger charge is 2.12. The van der Waals surface area contributed by atoms with E-state index in [1.807, 2.05) is 26.0 Å². The van der Waals surface area contributed by atoms with Crippen molar-refractivity contribution in [2.24, 2.45) is 0 Å². The fraction of sp³-hybridized carbons (Fsp3) is 0.238. The van der Waals surface area contributed by atoms with Gasteiger partial charge in [-0.2, -0.15) is 16.8 Å². The van der Waals surface area contributed by atoms with E-state index in [1.165, 1.54) is 0 Å². The van der Waals surface area contributed by atoms with Gasteiger partial charge >= 0.3 is 20.2 Å². The molecule has 0 saturated carbocycles. The Morgan fingerprint density at radius 2 is 1.10 bits per heavy atom. The van der Waals surface area contributed by atoms with Gasteiger partial charge in [0.2, 0.25) is 0 Å². The van der Waals surface area contributed by atoms with Crippen molar-refractivity contribution in [3.63, 3.8) is 0 Å². The van der Waals surface area contributed by atoms with Crippen molar-refractivity contribution < 1.29 is 25.2 Å². The molecule has 0 aliphatic carbocycles. The van der Waals surface area contributed by atoms with Gasteiger partial charge in [0.05, 0.1) is 12.5 Å². The molecule has 0 unspecified atom stereocenters. The second kappa shape index (κ2) is 9.28. The maximum atomic E-state index is 11.5. The molecule has 0 atom stereocenters. The molecule has 2 aromatic rings. The summed E-state index contributed by atoms with van der Waals surface area (Å²) in [4.78, 5) is 0. The maximum absolute atomic E-state index is 11.5. The average Bonchev–Trinajstić information content (AvgIpc) is 2.58. The molecule has 2 rings (SSSR count). The zero-order valence-corrected chi connectivity index (χ0v) is 18.4. The van der Waals surface area contributed by atoms with E-state index in [0.29, 0.717) is 17.5 Å². The van der Waals surface area contributed by atoms with Gasteiger partial charge in [-0.3, -0.25) is 0 Å². The summed E-state index contributed by atoms with van der Waals surface area (Å²) in [5, 5.41) is 0. The Morgan fingerprint density at radius 1 is 0.724 bits per heavy atom. The highest BCUT2D eigenvalue weighted by Crippen LogP contribution is 2.27. The molecule has 2 aromatic carbocycles. The Bertz CT molecular complexity index is 1050. The molecule has 6 nitrogen and oxygen atoms in total. The van der Waals surface area contributed by atoms with Gasteiger partial charge in [-0.15, -0.1) is 0 Å². The van der Waals surface area contributed by atoms with Gasteiger partial charge in [0.15, 0.2) is 0 Å². The van der Waals surface area contributed by atoms with Crippen molar-refractivity contribution in [2.45, 2.75) is 20.3 Å². The largest absolute Gasteiger partial charge is 0.382 e. The van der Waals surface area contributed by atoms with Crippen LogP contribution in [0.1, 0.15) is 36.1 Å². The van der Waals surface area contributed by atoms with Crippen LogP contribution in [0.5, 0.6) is 11.5 Å². The molecule has 0 radical (unpaired) electrons. The zero-order valence-electron chi connectivity index (χ0n) is 16.7. The van der Waals surface area contributed by atoms with Crippen LogP contribution in [0.2, 0.25) is 0 Å². The molecular formula is C21H24O6S2. The molecule has 156 valence electrons. The monoisotopic (exact) mass is 436 g/mol. The number of allylic oxidation sites excluding steroid dienone is 2. The molecule has 0 bridgehead atoms. The molecule has 0 N–H and O–H groups in total. The van der Waals surface area contributed by atoms with Gasteiger partial charge in [0, 0.05) is 11.1 Å². The normalized spacial score (nSPS) is 12.6. The van der Waals surface area contributed by atoms with Crippen LogP contribution in [0.15, 0.2) is 48.6 Å². The van der Waals surface area contributed by atoms with E-state index in [1.54, 1.807) is 48.6 Å². The Labute approximate surface area is 172 Å². The van der Waals surface area contributed by atoms with Crippen molar-refractivity contribution in [3.8, 4) is 11.5 Å². The van der Waals surface area contributed by atoms with Crippen molar-refractivity contribution in [1.82, 2.24) is 0 Å². The lowest BCUT2D eigenvalue weighted by molar-refractivity contribution is 0.490. The summed E-state index contributed by atoms with van der Waals surface area (Å²) in [6.45, 7) is 3.67. The van der Waals surface area contributed by atoms with Crippen LogP contribution in [-0.2, 0) is 26.7 Å². The SMILES string of the molecule is CC=Cc1cc(Cc2ccc(OS(C)(=O)=O)c(C=CC)c2)ccc1OS(C)(=O)=O. The van der Waals surface area contributed by atoms with Crippen molar-refractivity contribution in [2.75, 3.05) is 12.5 Å². The van der Waals surface area contributed by atoms with Gasteiger partial charge < -0.3 is 8.37 Å². The summed E-state index contributed by atoms with van der Waals surface area (Å²) in [6, 6.07) is 10.6. The molecule has 0 heterocycles. The van der Waals surface area contributed by atoms with E-state index >= 15 is 0 Å². The fourth-order valence-electron chi connectivity index (χ4n) is 2.75. The molecule has 0 fully saturated rings. The molecular weight excluding hydrogens is 412 g/mol. The van der Waals surface area contributed by atoms with Crippen LogP contribution >= 0.6 is 0 Å². The van der Waals surface area contributed by atoms with Gasteiger partial charge in [0.25, 0.3) is 0 Å². The van der Waals surface area contributed by atoms with Crippen LogP contribution in [0.4, 0.5) is 0 Å². The third kappa shape index (κ3) is 7.40. The Hall–Kier alpha value is -2.58. The van der Waals surface area contributed by atoms with Crippen LogP contribution in [0.3, 0.4) is 0 Å². The third-order valence-corrected chi connectivity index (χ3v) is 4.70. The second-order valence-corrected chi connectivity index (χ2v) is 9.65. The summed E-state index contributed by atoms with van der Waals surface area (Å²) < 4.78 is 55.9. The second-order valence-electron chi connectivity index (χ2n) is 6.50. The minimum atomic E-state index is -3.63. The molecule has 29 heavy (non-hydrogen) atoms. The first kappa shape index (κ1) is 22.7. The summed E-state index contributed by atoms with van der Waals surface area (Å²) in [7, 11) is -7.25. The summed E-state index contributed by atoms with van der Waals surface area (Å²) >= 11 is 0. The van der Waals surface area contributed by atoms with E-state index in [2.05, 4.69) is 0 Å². The number of benzene rings is 2. The molecule has 0 amide bonds. The predicted octanol–water partition coefficient (Wildman–Crippen LogP) is 4.02. The van der Waals surface area contributed by atoms with Crippen molar-refractivity contribution in [1.29, 1.82) is 0 Å². The Morgan fingerprint density at radius 3 is 1.41 bits per heavy atom. The van der Waals surface area contributed by atoms with Gasteiger partial charge in [-0.1, -0.05) is 36.4 Å². The first-order valence-corrected chi connectivity index (χ1v) is 12.4. The quantitative estimate of drug-likeness (QED) is 0.581. The first-order valence-electron chi connectivity index (χ1n) is 8.81. The zero-order chi connectivity index (χ0) is 21.7. The van der Waals surface area contributed by atoms with E-state index in [4.69, 9.17) is 8.37 Å². The predicted molar refractivity (Wildman–Crippen MR) is 116 cm³/mol. The minimum absolute atomic E-state index is 0.265. The highest BCUT2D eigenvalue weighted by molar-refractivity contribution is 7.86. The smallest absolute Gasteiger partial charge is 0.306 e. The number of hydrogen-bond acceptors (Lipinski definition) is 6. The number of rotatable bonds is 8. The highest BCUT2D eigenvalue weighted by atomic mass is 32.2. The van der Waals surface area contributed by atoms with E-state index < -0.39 is 20.2 Å². The Balaban J connectivity index is 2.38.